The molecule has 0 aliphatic rings. The van der Waals surface area contributed by atoms with E-state index >= 15 is 0 Å². The summed E-state index contributed by atoms with van der Waals surface area (Å²) in [5.41, 5.74) is 0.608. The van der Waals surface area contributed by atoms with Gasteiger partial charge in [0.05, 0.1) is 6.04 Å². The number of benzene rings is 1. The van der Waals surface area contributed by atoms with Crippen molar-refractivity contribution in [3.8, 4) is 0 Å². The molecule has 0 saturated carbocycles. The number of carbonyl (C=O) groups is 1. The third kappa shape index (κ3) is 3.81. The van der Waals surface area contributed by atoms with Crippen LogP contribution in [0, 0.1) is 5.82 Å². The number of nitrogens with one attached hydrogen (secondary N) is 2. The zero-order chi connectivity index (χ0) is 13.5. The van der Waals surface area contributed by atoms with E-state index in [1.54, 1.807) is 25.1 Å². The quantitative estimate of drug-likeness (QED) is 0.816. The summed E-state index contributed by atoms with van der Waals surface area (Å²) in [6, 6.07) is 6.17. The van der Waals surface area contributed by atoms with E-state index in [2.05, 4.69) is 10.6 Å². The van der Waals surface area contributed by atoms with Gasteiger partial charge in [-0.15, -0.1) is 0 Å². The minimum atomic E-state index is -0.338. The summed E-state index contributed by atoms with van der Waals surface area (Å²) in [5, 5.41) is 5.90. The van der Waals surface area contributed by atoms with Crippen molar-refractivity contribution in [2.75, 3.05) is 6.54 Å². The van der Waals surface area contributed by atoms with Gasteiger partial charge >= 0.3 is 0 Å². The molecular formula is C14H21FN2O. The number of rotatable bonds is 6. The number of hydrogen-bond acceptors (Lipinski definition) is 2. The first-order valence-corrected chi connectivity index (χ1v) is 6.38. The Morgan fingerprint density at radius 2 is 2.00 bits per heavy atom. The van der Waals surface area contributed by atoms with Gasteiger partial charge in [0, 0.05) is 18.2 Å². The fourth-order valence-corrected chi connectivity index (χ4v) is 1.89. The third-order valence-electron chi connectivity index (χ3n) is 2.88. The van der Waals surface area contributed by atoms with Gasteiger partial charge in [-0.3, -0.25) is 10.1 Å². The van der Waals surface area contributed by atoms with Gasteiger partial charge in [-0.05, 0) is 26.3 Å². The molecule has 0 aromatic heterocycles. The van der Waals surface area contributed by atoms with Crippen molar-refractivity contribution >= 4 is 5.91 Å². The van der Waals surface area contributed by atoms with Crippen LogP contribution in [0.15, 0.2) is 24.3 Å². The van der Waals surface area contributed by atoms with Gasteiger partial charge in [0.25, 0.3) is 0 Å². The highest BCUT2D eigenvalue weighted by Crippen LogP contribution is 2.20. The zero-order valence-electron chi connectivity index (χ0n) is 11.2. The van der Waals surface area contributed by atoms with E-state index in [0.717, 1.165) is 6.42 Å². The van der Waals surface area contributed by atoms with Crippen LogP contribution in [0.5, 0.6) is 0 Å². The van der Waals surface area contributed by atoms with Crippen molar-refractivity contribution in [1.29, 1.82) is 0 Å². The van der Waals surface area contributed by atoms with Gasteiger partial charge in [0.1, 0.15) is 5.82 Å². The van der Waals surface area contributed by atoms with Crippen molar-refractivity contribution in [2.24, 2.45) is 0 Å². The van der Waals surface area contributed by atoms with Crippen molar-refractivity contribution in [3.63, 3.8) is 0 Å². The van der Waals surface area contributed by atoms with E-state index < -0.39 is 0 Å². The lowest BCUT2D eigenvalue weighted by atomic mass is 10.0. The van der Waals surface area contributed by atoms with Crippen LogP contribution in [0.4, 0.5) is 4.39 Å². The fraction of sp³-hybridized carbons (Fsp3) is 0.500. The predicted octanol–water partition coefficient (Wildman–Crippen LogP) is 2.39. The number of amides is 1. The maximum atomic E-state index is 13.7. The molecule has 100 valence electrons. The summed E-state index contributed by atoms with van der Waals surface area (Å²) in [5.74, 6) is -0.299. The molecule has 1 aromatic carbocycles. The molecule has 1 amide bonds. The number of halogens is 1. The zero-order valence-corrected chi connectivity index (χ0v) is 11.2. The molecule has 2 atom stereocenters. The Balaban J connectivity index is 2.74. The van der Waals surface area contributed by atoms with Crippen molar-refractivity contribution in [1.82, 2.24) is 10.6 Å². The van der Waals surface area contributed by atoms with E-state index in [4.69, 9.17) is 0 Å². The lowest BCUT2D eigenvalue weighted by molar-refractivity contribution is -0.122. The summed E-state index contributed by atoms with van der Waals surface area (Å²) < 4.78 is 13.7. The van der Waals surface area contributed by atoms with E-state index in [-0.39, 0.29) is 23.8 Å². The van der Waals surface area contributed by atoms with Crippen LogP contribution < -0.4 is 10.6 Å². The van der Waals surface area contributed by atoms with Crippen LogP contribution in [0.25, 0.3) is 0 Å². The van der Waals surface area contributed by atoms with Crippen LogP contribution in [0.3, 0.4) is 0 Å². The van der Waals surface area contributed by atoms with Crippen molar-refractivity contribution < 1.29 is 9.18 Å². The highest BCUT2D eigenvalue weighted by atomic mass is 19.1. The van der Waals surface area contributed by atoms with Crippen molar-refractivity contribution in [2.45, 2.75) is 39.3 Å². The van der Waals surface area contributed by atoms with E-state index in [9.17, 15) is 9.18 Å². The smallest absolute Gasteiger partial charge is 0.236 e. The largest absolute Gasteiger partial charge is 0.355 e. The number of likely N-dealkylation sites (N-methyl/N-ethyl adjacent to an activating group) is 1. The highest BCUT2D eigenvalue weighted by Gasteiger charge is 2.19. The Morgan fingerprint density at radius 1 is 1.33 bits per heavy atom. The molecule has 0 heterocycles. The molecule has 2 N–H and O–H groups in total. The molecule has 1 rings (SSSR count). The average Bonchev–Trinajstić information content (AvgIpc) is 2.37. The SMILES string of the molecule is CCNC(=O)C(C)NC(CC)c1ccccc1F. The maximum absolute atomic E-state index is 13.7. The van der Waals surface area contributed by atoms with E-state index in [0.29, 0.717) is 12.1 Å². The van der Waals surface area contributed by atoms with Gasteiger partial charge in [-0.2, -0.15) is 0 Å². The summed E-state index contributed by atoms with van der Waals surface area (Å²) in [7, 11) is 0. The number of carbonyl (C=O) groups excluding carboxylic acids is 1. The molecule has 4 heteroatoms. The second kappa shape index (κ2) is 7.11. The Morgan fingerprint density at radius 3 is 2.56 bits per heavy atom. The topological polar surface area (TPSA) is 41.1 Å². The van der Waals surface area contributed by atoms with Crippen LogP contribution in [0.1, 0.15) is 38.8 Å². The minimum Gasteiger partial charge on any atom is -0.355 e. The number of hydrogen-bond donors (Lipinski definition) is 2. The molecule has 3 nitrogen and oxygen atoms in total. The molecule has 0 bridgehead atoms. The summed E-state index contributed by atoms with van der Waals surface area (Å²) in [4.78, 5) is 11.6. The maximum Gasteiger partial charge on any atom is 0.236 e. The first kappa shape index (κ1) is 14.6. The Labute approximate surface area is 108 Å². The van der Waals surface area contributed by atoms with Crippen LogP contribution >= 0.6 is 0 Å². The molecule has 0 saturated heterocycles. The molecule has 18 heavy (non-hydrogen) atoms. The first-order valence-electron chi connectivity index (χ1n) is 6.38. The van der Waals surface area contributed by atoms with Gasteiger partial charge in [-0.25, -0.2) is 4.39 Å². The molecular weight excluding hydrogens is 231 g/mol. The molecule has 0 aliphatic carbocycles. The molecule has 2 unspecified atom stereocenters. The third-order valence-corrected chi connectivity index (χ3v) is 2.88. The standard InChI is InChI=1S/C14H21FN2O/c1-4-13(11-8-6-7-9-12(11)15)17-10(3)14(18)16-5-2/h6-10,13,17H,4-5H2,1-3H3,(H,16,18). The van der Waals surface area contributed by atoms with Crippen LogP contribution in [0.2, 0.25) is 0 Å². The Hall–Kier alpha value is -1.42. The molecule has 0 aliphatic heterocycles. The first-order chi connectivity index (χ1) is 8.60. The van der Waals surface area contributed by atoms with Gasteiger partial charge in [-0.1, -0.05) is 25.1 Å². The summed E-state index contributed by atoms with van der Waals surface area (Å²) >= 11 is 0. The van der Waals surface area contributed by atoms with Crippen LogP contribution in [-0.4, -0.2) is 18.5 Å². The molecule has 0 fully saturated rings. The average molecular weight is 252 g/mol. The van der Waals surface area contributed by atoms with Crippen LogP contribution in [-0.2, 0) is 4.79 Å². The second-order valence-corrected chi connectivity index (χ2v) is 4.27. The Kier molecular flexibility index (Phi) is 5.78. The van der Waals surface area contributed by atoms with E-state index in [1.807, 2.05) is 13.8 Å². The monoisotopic (exact) mass is 252 g/mol. The highest BCUT2D eigenvalue weighted by molar-refractivity contribution is 5.81. The molecule has 0 radical (unpaired) electrons. The normalized spacial score (nSPS) is 14.0. The molecule has 1 aromatic rings. The minimum absolute atomic E-state index is 0.0627. The second-order valence-electron chi connectivity index (χ2n) is 4.27. The lowest BCUT2D eigenvalue weighted by Crippen LogP contribution is -2.43. The summed E-state index contributed by atoms with van der Waals surface area (Å²) in [6.45, 7) is 6.23. The summed E-state index contributed by atoms with van der Waals surface area (Å²) in [6.07, 6.45) is 0.727. The van der Waals surface area contributed by atoms with Gasteiger partial charge in [0.2, 0.25) is 5.91 Å². The van der Waals surface area contributed by atoms with E-state index in [1.165, 1.54) is 6.07 Å². The lowest BCUT2D eigenvalue weighted by Gasteiger charge is -2.22. The fourth-order valence-electron chi connectivity index (χ4n) is 1.89. The Bertz CT molecular complexity index is 395. The van der Waals surface area contributed by atoms with Gasteiger partial charge < -0.3 is 5.32 Å². The van der Waals surface area contributed by atoms with Crippen molar-refractivity contribution in [3.05, 3.63) is 35.6 Å². The predicted molar refractivity (Wildman–Crippen MR) is 70.7 cm³/mol. The molecule has 0 spiro atoms. The van der Waals surface area contributed by atoms with Gasteiger partial charge in [0.15, 0.2) is 0 Å².